The second-order valence-electron chi connectivity index (χ2n) is 2.99. The Hall–Kier alpha value is -0.960. The highest BCUT2D eigenvalue weighted by atomic mass is 19.1. The molecule has 0 saturated heterocycles. The number of hydrogen-bond acceptors (Lipinski definition) is 1. The van der Waals surface area contributed by atoms with Gasteiger partial charge >= 0.3 is 0 Å². The van der Waals surface area contributed by atoms with Gasteiger partial charge in [0.1, 0.15) is 12.0 Å². The minimum Gasteiger partial charge on any atom is -0.317 e. The van der Waals surface area contributed by atoms with Crippen LogP contribution in [-0.4, -0.2) is 19.8 Å². The minimum absolute atomic E-state index is 0.262. The lowest BCUT2D eigenvalue weighted by Gasteiger charge is -2.06. The van der Waals surface area contributed by atoms with Crippen molar-refractivity contribution in [3.05, 3.63) is 35.6 Å². The predicted molar refractivity (Wildman–Crippen MR) is 48.9 cm³/mol. The van der Waals surface area contributed by atoms with E-state index in [9.17, 15) is 8.78 Å². The normalized spacial score (nSPS) is 12.8. The fourth-order valence-electron chi connectivity index (χ4n) is 1.21. The van der Waals surface area contributed by atoms with Crippen molar-refractivity contribution in [1.82, 2.24) is 5.32 Å². The maximum atomic E-state index is 13.0. The van der Waals surface area contributed by atoms with Crippen LogP contribution < -0.4 is 5.32 Å². The Labute approximate surface area is 76.8 Å². The maximum Gasteiger partial charge on any atom is 0.123 e. The molecule has 0 amide bonds. The van der Waals surface area contributed by atoms with E-state index in [0.29, 0.717) is 12.1 Å². The van der Waals surface area contributed by atoms with Gasteiger partial charge in [0.2, 0.25) is 0 Å². The van der Waals surface area contributed by atoms with E-state index >= 15 is 0 Å². The Morgan fingerprint density at radius 2 is 2.23 bits per heavy atom. The van der Waals surface area contributed by atoms with Gasteiger partial charge in [-0.2, -0.15) is 0 Å². The monoisotopic (exact) mass is 185 g/mol. The van der Waals surface area contributed by atoms with Gasteiger partial charge in [0.15, 0.2) is 0 Å². The molecule has 1 rings (SSSR count). The first-order valence-electron chi connectivity index (χ1n) is 4.25. The second kappa shape index (κ2) is 4.92. The molecule has 0 aliphatic heterocycles. The summed E-state index contributed by atoms with van der Waals surface area (Å²) in [6.45, 7) is 0.302. The minimum atomic E-state index is -0.952. The highest BCUT2D eigenvalue weighted by molar-refractivity contribution is 5.17. The van der Waals surface area contributed by atoms with Crippen LogP contribution in [0.3, 0.4) is 0 Å². The summed E-state index contributed by atoms with van der Waals surface area (Å²) in [5.41, 5.74) is 0.697. The highest BCUT2D eigenvalue weighted by Crippen LogP contribution is 2.07. The number of benzene rings is 1. The molecule has 3 heteroatoms. The van der Waals surface area contributed by atoms with Crippen molar-refractivity contribution in [2.45, 2.75) is 12.6 Å². The summed E-state index contributed by atoms with van der Waals surface area (Å²) >= 11 is 0. The van der Waals surface area contributed by atoms with Crippen LogP contribution in [0.25, 0.3) is 0 Å². The van der Waals surface area contributed by atoms with Crippen molar-refractivity contribution in [3.63, 3.8) is 0 Å². The molecule has 0 fully saturated rings. The molecular weight excluding hydrogens is 172 g/mol. The largest absolute Gasteiger partial charge is 0.317 e. The van der Waals surface area contributed by atoms with E-state index in [1.807, 2.05) is 0 Å². The molecule has 0 bridgehead atoms. The van der Waals surface area contributed by atoms with E-state index in [1.165, 1.54) is 12.1 Å². The number of rotatable bonds is 4. The summed E-state index contributed by atoms with van der Waals surface area (Å²) in [6.07, 6.45) is -0.690. The van der Waals surface area contributed by atoms with Crippen molar-refractivity contribution < 1.29 is 8.78 Å². The fraction of sp³-hybridized carbons (Fsp3) is 0.400. The molecule has 13 heavy (non-hydrogen) atoms. The summed E-state index contributed by atoms with van der Waals surface area (Å²) in [4.78, 5) is 0. The SMILES string of the molecule is CNCC(F)Cc1cccc(F)c1. The van der Waals surface area contributed by atoms with Gasteiger partial charge in [-0.05, 0) is 24.7 Å². The Bertz CT molecular complexity index is 263. The molecule has 0 aliphatic carbocycles. The third-order valence-electron chi connectivity index (χ3n) is 1.77. The van der Waals surface area contributed by atoms with E-state index in [-0.39, 0.29) is 12.2 Å². The van der Waals surface area contributed by atoms with Crippen LogP contribution in [0.15, 0.2) is 24.3 Å². The van der Waals surface area contributed by atoms with Gasteiger partial charge in [-0.3, -0.25) is 0 Å². The standard InChI is InChI=1S/C10H13F2N/c1-13-7-10(12)6-8-3-2-4-9(11)5-8/h2-5,10,13H,6-7H2,1H3. The lowest BCUT2D eigenvalue weighted by Crippen LogP contribution is -2.21. The molecule has 1 unspecified atom stereocenters. The van der Waals surface area contributed by atoms with Gasteiger partial charge in [0, 0.05) is 13.0 Å². The van der Waals surface area contributed by atoms with Gasteiger partial charge in [-0.15, -0.1) is 0 Å². The van der Waals surface area contributed by atoms with Crippen LogP contribution in [0.5, 0.6) is 0 Å². The topological polar surface area (TPSA) is 12.0 Å². The molecule has 0 heterocycles. The van der Waals surface area contributed by atoms with E-state index in [2.05, 4.69) is 5.32 Å². The molecule has 1 N–H and O–H groups in total. The average molecular weight is 185 g/mol. The number of hydrogen-bond donors (Lipinski definition) is 1. The molecule has 1 aromatic rings. The molecule has 0 spiro atoms. The first kappa shape index (κ1) is 10.1. The van der Waals surface area contributed by atoms with Gasteiger partial charge in [0.05, 0.1) is 0 Å². The van der Waals surface area contributed by atoms with Crippen molar-refractivity contribution in [3.8, 4) is 0 Å². The van der Waals surface area contributed by atoms with Gasteiger partial charge < -0.3 is 5.32 Å². The third-order valence-corrected chi connectivity index (χ3v) is 1.77. The van der Waals surface area contributed by atoms with Crippen LogP contribution in [0.4, 0.5) is 8.78 Å². The lowest BCUT2D eigenvalue weighted by atomic mass is 10.1. The van der Waals surface area contributed by atoms with Gasteiger partial charge in [0.25, 0.3) is 0 Å². The lowest BCUT2D eigenvalue weighted by molar-refractivity contribution is 0.324. The first-order chi connectivity index (χ1) is 6.22. The Balaban J connectivity index is 2.53. The summed E-state index contributed by atoms with van der Waals surface area (Å²) in [6, 6.07) is 6.04. The van der Waals surface area contributed by atoms with Crippen LogP contribution in [0, 0.1) is 5.82 Å². The Morgan fingerprint density at radius 1 is 1.46 bits per heavy atom. The number of alkyl halides is 1. The number of halogens is 2. The Kier molecular flexibility index (Phi) is 3.83. The van der Waals surface area contributed by atoms with Crippen molar-refractivity contribution in [2.24, 2.45) is 0 Å². The number of nitrogens with one attached hydrogen (secondary N) is 1. The molecule has 1 nitrogen and oxygen atoms in total. The fourth-order valence-corrected chi connectivity index (χ4v) is 1.21. The quantitative estimate of drug-likeness (QED) is 0.755. The van der Waals surface area contributed by atoms with Gasteiger partial charge in [-0.1, -0.05) is 12.1 Å². The third kappa shape index (κ3) is 3.51. The van der Waals surface area contributed by atoms with Crippen LogP contribution >= 0.6 is 0 Å². The zero-order valence-electron chi connectivity index (χ0n) is 7.56. The van der Waals surface area contributed by atoms with E-state index in [0.717, 1.165) is 0 Å². The molecule has 0 radical (unpaired) electrons. The zero-order valence-corrected chi connectivity index (χ0v) is 7.56. The molecule has 1 aromatic carbocycles. The first-order valence-corrected chi connectivity index (χ1v) is 4.25. The summed E-state index contributed by atoms with van der Waals surface area (Å²) < 4.78 is 25.7. The Morgan fingerprint density at radius 3 is 2.85 bits per heavy atom. The molecular formula is C10H13F2N. The predicted octanol–water partition coefficient (Wildman–Crippen LogP) is 1.93. The van der Waals surface area contributed by atoms with Crippen molar-refractivity contribution >= 4 is 0 Å². The van der Waals surface area contributed by atoms with E-state index in [4.69, 9.17) is 0 Å². The second-order valence-corrected chi connectivity index (χ2v) is 2.99. The summed E-state index contributed by atoms with van der Waals surface area (Å²) in [5.74, 6) is -0.311. The van der Waals surface area contributed by atoms with Crippen LogP contribution in [0.2, 0.25) is 0 Å². The molecule has 0 aliphatic rings. The highest BCUT2D eigenvalue weighted by Gasteiger charge is 2.06. The maximum absolute atomic E-state index is 13.0. The zero-order chi connectivity index (χ0) is 9.68. The van der Waals surface area contributed by atoms with Crippen molar-refractivity contribution in [2.75, 3.05) is 13.6 Å². The van der Waals surface area contributed by atoms with Crippen LogP contribution in [0.1, 0.15) is 5.56 Å². The van der Waals surface area contributed by atoms with Crippen molar-refractivity contribution in [1.29, 1.82) is 0 Å². The molecule has 0 saturated carbocycles. The van der Waals surface area contributed by atoms with Crippen LogP contribution in [-0.2, 0) is 6.42 Å². The van der Waals surface area contributed by atoms with E-state index in [1.54, 1.807) is 19.2 Å². The summed E-state index contributed by atoms with van der Waals surface area (Å²) in [5, 5.41) is 2.73. The van der Waals surface area contributed by atoms with E-state index < -0.39 is 6.17 Å². The van der Waals surface area contributed by atoms with Gasteiger partial charge in [-0.25, -0.2) is 8.78 Å². The molecule has 72 valence electrons. The smallest absolute Gasteiger partial charge is 0.123 e. The molecule has 0 aromatic heterocycles. The summed E-state index contributed by atoms with van der Waals surface area (Å²) in [7, 11) is 1.69. The average Bonchev–Trinajstić information content (AvgIpc) is 2.04. The molecule has 1 atom stereocenters.